The lowest BCUT2D eigenvalue weighted by Crippen LogP contribution is -2.31. The van der Waals surface area contributed by atoms with Crippen LogP contribution in [0.15, 0.2) is 48.5 Å². The van der Waals surface area contributed by atoms with Crippen molar-refractivity contribution in [3.05, 3.63) is 59.7 Å². The van der Waals surface area contributed by atoms with E-state index in [0.717, 1.165) is 31.2 Å². The van der Waals surface area contributed by atoms with Crippen LogP contribution in [0.1, 0.15) is 48.5 Å². The minimum absolute atomic E-state index is 0.111. The van der Waals surface area contributed by atoms with Crippen LogP contribution < -0.4 is 9.64 Å². The van der Waals surface area contributed by atoms with Gasteiger partial charge in [0.15, 0.2) is 6.10 Å². The minimum atomic E-state index is -0.680. The van der Waals surface area contributed by atoms with E-state index in [0.29, 0.717) is 17.0 Å². The molecule has 3 atom stereocenters. The number of nitrogens with zero attached hydrogens (tertiary/aromatic N) is 1. The molecular formula is C24H25NO4. The van der Waals surface area contributed by atoms with Gasteiger partial charge in [0.05, 0.1) is 17.5 Å². The molecule has 2 fully saturated rings. The van der Waals surface area contributed by atoms with Crippen molar-refractivity contribution in [3.63, 3.8) is 0 Å². The molecular weight excluding hydrogens is 366 g/mol. The first-order valence-corrected chi connectivity index (χ1v) is 10.2. The van der Waals surface area contributed by atoms with Gasteiger partial charge in [0, 0.05) is 11.6 Å². The predicted molar refractivity (Wildman–Crippen MR) is 110 cm³/mol. The van der Waals surface area contributed by atoms with Crippen LogP contribution in [0.2, 0.25) is 0 Å². The van der Waals surface area contributed by atoms with Crippen molar-refractivity contribution < 1.29 is 19.1 Å². The molecule has 2 aromatic carbocycles. The molecule has 5 nitrogen and oxygen atoms in total. The van der Waals surface area contributed by atoms with E-state index in [-0.39, 0.29) is 29.4 Å². The predicted octanol–water partition coefficient (Wildman–Crippen LogP) is 4.32. The standard InChI is InChI=1S/C24H25NO4/c1-15-10-12-17(13-11-15)22(26)16(2)29-19-7-5-6-18(14-19)25-23(27)20-8-3-4-9-21(20)24(25)28/h5-7,10-14,16,20-21H,3-4,8-9H2,1-2H3/t16-,20-,21+/m1/s1. The van der Waals surface area contributed by atoms with Gasteiger partial charge in [-0.15, -0.1) is 0 Å². The largest absolute Gasteiger partial charge is 0.482 e. The molecule has 0 aromatic heterocycles. The van der Waals surface area contributed by atoms with E-state index in [1.54, 1.807) is 43.3 Å². The first-order valence-electron chi connectivity index (χ1n) is 10.2. The summed E-state index contributed by atoms with van der Waals surface area (Å²) >= 11 is 0. The quantitative estimate of drug-likeness (QED) is 0.562. The lowest BCUT2D eigenvalue weighted by atomic mass is 9.81. The summed E-state index contributed by atoms with van der Waals surface area (Å²) in [5, 5.41) is 0. The van der Waals surface area contributed by atoms with Crippen molar-refractivity contribution in [2.75, 3.05) is 4.90 Å². The number of ketones is 1. The normalized spacial score (nSPS) is 22.3. The molecule has 5 heteroatoms. The first kappa shape index (κ1) is 19.4. The SMILES string of the molecule is Cc1ccc(C(=O)[C@@H](C)Oc2cccc(N3C(=O)[C@H]4CCCC[C@H]4C3=O)c2)cc1. The number of Topliss-reactive ketones (excluding diaryl/α,β-unsaturated/α-hetero) is 1. The van der Waals surface area contributed by atoms with Gasteiger partial charge in [-0.25, -0.2) is 4.90 Å². The van der Waals surface area contributed by atoms with Crippen molar-refractivity contribution >= 4 is 23.3 Å². The van der Waals surface area contributed by atoms with E-state index in [2.05, 4.69) is 0 Å². The van der Waals surface area contributed by atoms with Gasteiger partial charge >= 0.3 is 0 Å². The molecule has 0 radical (unpaired) electrons. The molecule has 150 valence electrons. The first-order chi connectivity index (χ1) is 14.0. The van der Waals surface area contributed by atoms with Gasteiger partial charge in [-0.3, -0.25) is 14.4 Å². The molecule has 4 rings (SSSR count). The molecule has 1 heterocycles. The fourth-order valence-corrected chi connectivity index (χ4v) is 4.32. The molecule has 0 unspecified atom stereocenters. The Morgan fingerprint density at radius 2 is 1.62 bits per heavy atom. The van der Waals surface area contributed by atoms with E-state index in [1.807, 2.05) is 19.1 Å². The van der Waals surface area contributed by atoms with Gasteiger partial charge in [-0.05, 0) is 38.8 Å². The average Bonchev–Trinajstić information content (AvgIpc) is 2.99. The Morgan fingerprint density at radius 1 is 1.00 bits per heavy atom. The van der Waals surface area contributed by atoms with Crippen LogP contribution in [0.3, 0.4) is 0 Å². The van der Waals surface area contributed by atoms with Crippen molar-refractivity contribution in [1.82, 2.24) is 0 Å². The monoisotopic (exact) mass is 391 g/mol. The van der Waals surface area contributed by atoms with Crippen LogP contribution in [-0.2, 0) is 9.59 Å². The fraction of sp³-hybridized carbons (Fsp3) is 0.375. The van der Waals surface area contributed by atoms with Gasteiger partial charge in [0.2, 0.25) is 17.6 Å². The molecule has 1 saturated heterocycles. The maximum absolute atomic E-state index is 12.8. The summed E-state index contributed by atoms with van der Waals surface area (Å²) in [6.07, 6.45) is 2.88. The van der Waals surface area contributed by atoms with Crippen LogP contribution in [0, 0.1) is 18.8 Å². The number of ether oxygens (including phenoxy) is 1. The molecule has 29 heavy (non-hydrogen) atoms. The van der Waals surface area contributed by atoms with E-state index in [1.165, 1.54) is 4.90 Å². The molecule has 2 amide bonds. The summed E-state index contributed by atoms with van der Waals surface area (Å²) in [5.41, 5.74) is 2.19. The van der Waals surface area contributed by atoms with Crippen LogP contribution in [0.4, 0.5) is 5.69 Å². The zero-order valence-corrected chi connectivity index (χ0v) is 16.8. The van der Waals surface area contributed by atoms with Crippen LogP contribution in [0.25, 0.3) is 0 Å². The van der Waals surface area contributed by atoms with E-state index in [9.17, 15) is 14.4 Å². The lowest BCUT2D eigenvalue weighted by molar-refractivity contribution is -0.122. The molecule has 1 aliphatic carbocycles. The Balaban J connectivity index is 1.51. The number of carbonyl (C=O) groups excluding carboxylic acids is 3. The topological polar surface area (TPSA) is 63.7 Å². The maximum Gasteiger partial charge on any atom is 0.237 e. The van der Waals surface area contributed by atoms with Gasteiger partial charge in [0.25, 0.3) is 0 Å². The number of carbonyl (C=O) groups is 3. The van der Waals surface area contributed by atoms with E-state index in [4.69, 9.17) is 4.74 Å². The molecule has 2 aromatic rings. The Kier molecular flexibility index (Phi) is 5.22. The van der Waals surface area contributed by atoms with Gasteiger partial charge < -0.3 is 4.74 Å². The highest BCUT2D eigenvalue weighted by Crippen LogP contribution is 2.40. The second-order valence-corrected chi connectivity index (χ2v) is 8.00. The summed E-state index contributed by atoms with van der Waals surface area (Å²) < 4.78 is 5.85. The third-order valence-corrected chi connectivity index (χ3v) is 5.94. The number of anilines is 1. The number of hydrogen-bond acceptors (Lipinski definition) is 4. The number of aryl methyl sites for hydroxylation is 1. The molecule has 0 N–H and O–H groups in total. The van der Waals surface area contributed by atoms with Gasteiger partial charge in [0.1, 0.15) is 5.75 Å². The zero-order valence-electron chi connectivity index (χ0n) is 16.8. The summed E-state index contributed by atoms with van der Waals surface area (Å²) in [6.45, 7) is 3.67. The number of fused-ring (bicyclic) bond motifs is 1. The number of hydrogen-bond donors (Lipinski definition) is 0. The Morgan fingerprint density at radius 3 is 2.24 bits per heavy atom. The van der Waals surface area contributed by atoms with Crippen molar-refractivity contribution in [1.29, 1.82) is 0 Å². The number of imide groups is 1. The summed E-state index contributed by atoms with van der Waals surface area (Å²) in [5.74, 6) is -0.257. The van der Waals surface area contributed by atoms with Gasteiger partial charge in [-0.1, -0.05) is 48.7 Å². The Bertz CT molecular complexity index is 926. The van der Waals surface area contributed by atoms with E-state index < -0.39 is 6.10 Å². The fourth-order valence-electron chi connectivity index (χ4n) is 4.32. The molecule has 1 saturated carbocycles. The number of benzene rings is 2. The third-order valence-electron chi connectivity index (χ3n) is 5.94. The highest BCUT2D eigenvalue weighted by molar-refractivity contribution is 6.22. The molecule has 0 spiro atoms. The smallest absolute Gasteiger partial charge is 0.237 e. The summed E-state index contributed by atoms with van der Waals surface area (Å²) in [6, 6.07) is 14.3. The Hall–Kier alpha value is -2.95. The number of rotatable bonds is 5. The van der Waals surface area contributed by atoms with Crippen LogP contribution in [0.5, 0.6) is 5.75 Å². The van der Waals surface area contributed by atoms with Crippen molar-refractivity contribution in [2.45, 2.75) is 45.6 Å². The average molecular weight is 391 g/mol. The van der Waals surface area contributed by atoms with Crippen molar-refractivity contribution in [3.8, 4) is 5.75 Å². The second kappa shape index (κ2) is 7.82. The molecule has 0 bridgehead atoms. The van der Waals surface area contributed by atoms with Crippen molar-refractivity contribution in [2.24, 2.45) is 11.8 Å². The molecule has 2 aliphatic rings. The summed E-state index contributed by atoms with van der Waals surface area (Å²) in [4.78, 5) is 39.6. The Labute approximate surface area is 170 Å². The van der Waals surface area contributed by atoms with Crippen LogP contribution in [-0.4, -0.2) is 23.7 Å². The lowest BCUT2D eigenvalue weighted by Gasteiger charge is -2.19. The highest BCUT2D eigenvalue weighted by atomic mass is 16.5. The second-order valence-electron chi connectivity index (χ2n) is 8.00. The van der Waals surface area contributed by atoms with E-state index >= 15 is 0 Å². The zero-order chi connectivity index (χ0) is 20.5. The minimum Gasteiger partial charge on any atom is -0.482 e. The highest BCUT2D eigenvalue weighted by Gasteiger charge is 2.48. The number of amides is 2. The summed E-state index contributed by atoms with van der Waals surface area (Å²) in [7, 11) is 0. The van der Waals surface area contributed by atoms with Crippen LogP contribution >= 0.6 is 0 Å². The third kappa shape index (κ3) is 3.69. The molecule has 1 aliphatic heterocycles. The van der Waals surface area contributed by atoms with Gasteiger partial charge in [-0.2, -0.15) is 0 Å². The maximum atomic E-state index is 12.8.